The number of nitrogens with two attached hydrogens (primary N) is 1. The van der Waals surface area contributed by atoms with Crippen molar-refractivity contribution in [1.82, 2.24) is 14.8 Å². The molecule has 0 radical (unpaired) electrons. The molecular formula is C36H41ClN4O7S3. The summed E-state index contributed by atoms with van der Waals surface area (Å²) in [5.74, 6) is 1.91. The van der Waals surface area contributed by atoms with Crippen LogP contribution in [0.4, 0.5) is 0 Å². The highest BCUT2D eigenvalue weighted by Crippen LogP contribution is 2.37. The third-order valence-corrected chi connectivity index (χ3v) is 11.6. The number of hydrogen-bond acceptors (Lipinski definition) is 9. The van der Waals surface area contributed by atoms with Crippen molar-refractivity contribution in [3.63, 3.8) is 0 Å². The van der Waals surface area contributed by atoms with Crippen LogP contribution in [0.25, 0.3) is 5.00 Å². The van der Waals surface area contributed by atoms with Crippen molar-refractivity contribution in [2.45, 2.75) is 81.5 Å². The van der Waals surface area contributed by atoms with Crippen LogP contribution in [0.2, 0.25) is 5.02 Å². The lowest BCUT2D eigenvalue weighted by Gasteiger charge is -2.22. The van der Waals surface area contributed by atoms with Gasteiger partial charge >= 0.3 is 0 Å². The number of aromatic nitrogens is 3. The van der Waals surface area contributed by atoms with E-state index in [1.807, 2.05) is 36.6 Å². The van der Waals surface area contributed by atoms with Crippen molar-refractivity contribution >= 4 is 49.0 Å². The lowest BCUT2D eigenvalue weighted by Crippen LogP contribution is -2.15. The summed E-state index contributed by atoms with van der Waals surface area (Å²) in [6.07, 6.45) is 6.72. The van der Waals surface area contributed by atoms with Crippen LogP contribution in [0, 0.1) is 13.8 Å². The van der Waals surface area contributed by atoms with Gasteiger partial charge in [-0.1, -0.05) is 85.3 Å². The van der Waals surface area contributed by atoms with Crippen LogP contribution in [0.5, 0.6) is 0 Å². The number of ketones is 1. The lowest BCUT2D eigenvalue weighted by molar-refractivity contribution is 0.103. The zero-order valence-corrected chi connectivity index (χ0v) is 31.7. The van der Waals surface area contributed by atoms with Gasteiger partial charge in [0.15, 0.2) is 11.6 Å². The maximum atomic E-state index is 13.4. The predicted octanol–water partition coefficient (Wildman–Crippen LogP) is 7.77. The van der Waals surface area contributed by atoms with Gasteiger partial charge in [-0.3, -0.25) is 18.5 Å². The number of thiophene rings is 1. The Kier molecular flexibility index (Phi) is 13.8. The predicted molar refractivity (Wildman–Crippen MR) is 199 cm³/mol. The maximum absolute atomic E-state index is 13.4. The summed E-state index contributed by atoms with van der Waals surface area (Å²) in [6, 6.07) is 21.1. The van der Waals surface area contributed by atoms with Crippen molar-refractivity contribution in [1.29, 1.82) is 0 Å². The van der Waals surface area contributed by atoms with E-state index in [4.69, 9.17) is 26.4 Å². The molecule has 15 heteroatoms. The van der Waals surface area contributed by atoms with Crippen LogP contribution in [0.1, 0.15) is 88.5 Å². The van der Waals surface area contributed by atoms with E-state index in [0.717, 1.165) is 46.1 Å². The summed E-state index contributed by atoms with van der Waals surface area (Å²) < 4.78 is 61.1. The average molecular weight is 773 g/mol. The molecule has 1 fully saturated rings. The van der Waals surface area contributed by atoms with E-state index in [9.17, 15) is 21.6 Å². The minimum absolute atomic E-state index is 0.0666. The molecule has 3 aromatic carbocycles. The first-order valence-electron chi connectivity index (χ1n) is 16.3. The Labute approximate surface area is 308 Å². The molecule has 4 N–H and O–H groups in total. The fraction of sp³-hybridized carbons (Fsp3) is 0.306. The quantitative estimate of drug-likeness (QED) is 0.104. The van der Waals surface area contributed by atoms with Gasteiger partial charge in [0.1, 0.15) is 10.8 Å². The second-order valence-electron chi connectivity index (χ2n) is 12.0. The third-order valence-electron chi connectivity index (χ3n) is 8.22. The summed E-state index contributed by atoms with van der Waals surface area (Å²) >= 11 is 7.95. The van der Waals surface area contributed by atoms with E-state index in [1.54, 1.807) is 47.7 Å². The maximum Gasteiger partial charge on any atom is 0.294 e. The molecule has 0 atom stereocenters. The number of rotatable bonds is 8. The SMILES string of the molecule is CCc1cc(C(=O)c2ccccc2Cl)c(-n2c(CN)nnc2C2CCCCC2)s1.Cc1ccc(S(=O)(=O)O)cc1.Cc1ccc(S(=O)(=O)O)cc1. The van der Waals surface area contributed by atoms with Gasteiger partial charge in [-0.2, -0.15) is 16.8 Å². The van der Waals surface area contributed by atoms with Gasteiger partial charge in [0.2, 0.25) is 0 Å². The van der Waals surface area contributed by atoms with Gasteiger partial charge < -0.3 is 5.73 Å². The van der Waals surface area contributed by atoms with Gasteiger partial charge in [-0.25, -0.2) is 0 Å². The van der Waals surface area contributed by atoms with Crippen LogP contribution in [-0.4, -0.2) is 46.5 Å². The molecule has 0 amide bonds. The van der Waals surface area contributed by atoms with Crippen molar-refractivity contribution in [2.24, 2.45) is 5.73 Å². The van der Waals surface area contributed by atoms with Crippen molar-refractivity contribution in [3.8, 4) is 5.00 Å². The number of nitrogens with zero attached hydrogens (tertiary/aromatic N) is 3. The topological polar surface area (TPSA) is 183 Å². The number of carbonyl (C=O) groups excluding carboxylic acids is 1. The second kappa shape index (κ2) is 17.6. The number of carbonyl (C=O) groups is 1. The molecule has 272 valence electrons. The van der Waals surface area contributed by atoms with Crippen molar-refractivity contribution < 1.29 is 30.7 Å². The lowest BCUT2D eigenvalue weighted by atomic mass is 9.88. The largest absolute Gasteiger partial charge is 0.324 e. The molecule has 51 heavy (non-hydrogen) atoms. The van der Waals surface area contributed by atoms with Crippen molar-refractivity contribution in [3.05, 3.63) is 123 Å². The molecule has 0 spiro atoms. The summed E-state index contributed by atoms with van der Waals surface area (Å²) in [7, 11) is -8.04. The van der Waals surface area contributed by atoms with E-state index in [1.165, 1.54) is 43.5 Å². The molecule has 0 saturated heterocycles. The van der Waals surface area contributed by atoms with Gasteiger partial charge in [0.25, 0.3) is 20.2 Å². The molecule has 2 aromatic heterocycles. The molecule has 1 aliphatic rings. The summed E-state index contributed by atoms with van der Waals surface area (Å²) in [6.45, 7) is 6.05. The molecule has 0 bridgehead atoms. The van der Waals surface area contributed by atoms with Crippen molar-refractivity contribution in [2.75, 3.05) is 0 Å². The van der Waals surface area contributed by atoms with E-state index in [-0.39, 0.29) is 22.1 Å². The molecule has 1 aliphatic carbocycles. The molecule has 2 heterocycles. The smallest absolute Gasteiger partial charge is 0.294 e. The Hall–Kier alpha value is -3.76. The Morgan fingerprint density at radius 3 is 1.84 bits per heavy atom. The normalized spacial score (nSPS) is 13.5. The van der Waals surface area contributed by atoms with Crippen LogP contribution in [0.3, 0.4) is 0 Å². The number of aryl methyl sites for hydroxylation is 3. The minimum Gasteiger partial charge on any atom is -0.324 e. The molecule has 5 aromatic rings. The van der Waals surface area contributed by atoms with Crippen LogP contribution in [-0.2, 0) is 33.2 Å². The van der Waals surface area contributed by atoms with E-state index in [0.29, 0.717) is 27.9 Å². The van der Waals surface area contributed by atoms with Crippen LogP contribution in [0.15, 0.2) is 88.7 Å². The Morgan fingerprint density at radius 2 is 1.37 bits per heavy atom. The fourth-order valence-corrected chi connectivity index (χ4v) is 7.76. The molecular weight excluding hydrogens is 732 g/mol. The third kappa shape index (κ3) is 10.6. The Morgan fingerprint density at radius 1 is 0.843 bits per heavy atom. The standard InChI is InChI=1S/C22H25ClN4OS.2C7H8O3S/c1-2-15-12-17(20(28)16-10-6-7-11-18(16)23)22(29-15)27-19(13-24)25-26-21(27)14-8-4-3-5-9-14;2*1-6-2-4-7(5-3-6)11(8,9)10/h6-7,10-12,14H,2-5,8-9,13,24H2,1H3;2*2-5H,1H3,(H,8,9,10). The highest BCUT2D eigenvalue weighted by Gasteiger charge is 2.28. The fourth-order valence-electron chi connectivity index (χ4n) is 5.45. The zero-order valence-electron chi connectivity index (χ0n) is 28.5. The molecule has 11 nitrogen and oxygen atoms in total. The molecule has 0 aliphatic heterocycles. The van der Waals surface area contributed by atoms with Crippen LogP contribution < -0.4 is 5.73 Å². The second-order valence-corrected chi connectivity index (χ2v) is 16.4. The summed E-state index contributed by atoms with van der Waals surface area (Å²) in [4.78, 5) is 14.4. The van der Waals surface area contributed by atoms with Gasteiger partial charge in [-0.05, 0) is 75.6 Å². The summed E-state index contributed by atoms with van der Waals surface area (Å²) in [5.41, 5.74) is 9.08. The minimum atomic E-state index is -4.02. The zero-order chi connectivity index (χ0) is 37.3. The molecule has 0 unspecified atom stereocenters. The average Bonchev–Trinajstić information content (AvgIpc) is 3.73. The van der Waals surface area contributed by atoms with Crippen LogP contribution >= 0.6 is 22.9 Å². The number of benzene rings is 3. The highest BCUT2D eigenvalue weighted by molar-refractivity contribution is 7.86. The first-order valence-corrected chi connectivity index (χ1v) is 20.4. The number of hydrogen-bond donors (Lipinski definition) is 3. The Bertz CT molecular complexity index is 2090. The Balaban J connectivity index is 0.000000216. The first kappa shape index (κ1) is 40.0. The summed E-state index contributed by atoms with van der Waals surface area (Å²) in [5, 5.41) is 10.2. The van der Waals surface area contributed by atoms with Gasteiger partial charge in [0, 0.05) is 16.4 Å². The molecule has 1 saturated carbocycles. The van der Waals surface area contributed by atoms with Gasteiger partial charge in [-0.15, -0.1) is 21.5 Å². The van der Waals surface area contributed by atoms with E-state index >= 15 is 0 Å². The first-order chi connectivity index (χ1) is 24.1. The number of halogens is 1. The molecule has 6 rings (SSSR count). The van der Waals surface area contributed by atoms with E-state index < -0.39 is 20.2 Å². The monoisotopic (exact) mass is 772 g/mol. The highest BCUT2D eigenvalue weighted by atomic mass is 35.5. The van der Waals surface area contributed by atoms with E-state index in [2.05, 4.69) is 17.1 Å². The van der Waals surface area contributed by atoms with Gasteiger partial charge in [0.05, 0.1) is 26.9 Å².